The second-order valence-electron chi connectivity index (χ2n) is 7.45. The molecule has 0 bridgehead atoms. The number of nitrogens with one attached hydrogen (secondary N) is 1. The van der Waals surface area contributed by atoms with Crippen molar-refractivity contribution in [2.75, 3.05) is 26.2 Å². The van der Waals surface area contributed by atoms with Crippen LogP contribution in [0.15, 0.2) is 24.3 Å². The molecule has 3 amide bonds. The number of carbonyl (C=O) groups is 2. The van der Waals surface area contributed by atoms with Crippen LogP contribution in [0, 0.1) is 11.8 Å². The number of phenols is 1. The first kappa shape index (κ1) is 16.2. The smallest absolute Gasteiger partial charge is 0.317 e. The number of hydrogen-bond donors (Lipinski definition) is 2. The normalized spacial score (nSPS) is 20.7. The summed E-state index contributed by atoms with van der Waals surface area (Å²) in [7, 11) is 0. The molecule has 0 spiro atoms. The van der Waals surface area contributed by atoms with Gasteiger partial charge in [0.2, 0.25) is 0 Å². The van der Waals surface area contributed by atoms with Crippen LogP contribution in [0.5, 0.6) is 5.75 Å². The lowest BCUT2D eigenvalue weighted by Crippen LogP contribution is -2.55. The van der Waals surface area contributed by atoms with Gasteiger partial charge in [0.05, 0.1) is 5.56 Å². The first-order valence-corrected chi connectivity index (χ1v) is 9.26. The van der Waals surface area contributed by atoms with Gasteiger partial charge in [0.25, 0.3) is 5.91 Å². The van der Waals surface area contributed by atoms with Gasteiger partial charge < -0.3 is 20.2 Å². The number of rotatable bonds is 4. The predicted molar refractivity (Wildman–Crippen MR) is 93.4 cm³/mol. The Morgan fingerprint density at radius 2 is 1.52 bits per heavy atom. The molecule has 3 aliphatic rings. The van der Waals surface area contributed by atoms with E-state index in [2.05, 4.69) is 5.32 Å². The molecule has 1 saturated heterocycles. The average Bonchev–Trinajstić information content (AvgIpc) is 3.53. The van der Waals surface area contributed by atoms with Gasteiger partial charge in [-0.05, 0) is 49.7 Å². The Kier molecular flexibility index (Phi) is 4.27. The van der Waals surface area contributed by atoms with E-state index in [0.29, 0.717) is 49.6 Å². The molecule has 2 aliphatic carbocycles. The predicted octanol–water partition coefficient (Wildman–Crippen LogP) is 2.05. The second kappa shape index (κ2) is 6.58. The van der Waals surface area contributed by atoms with Gasteiger partial charge in [-0.25, -0.2) is 4.79 Å². The number of carbonyl (C=O) groups excluding carboxylic acids is 2. The molecule has 2 saturated carbocycles. The van der Waals surface area contributed by atoms with Crippen molar-refractivity contribution in [2.24, 2.45) is 11.8 Å². The second-order valence-corrected chi connectivity index (χ2v) is 7.45. The summed E-state index contributed by atoms with van der Waals surface area (Å²) >= 11 is 0. The van der Waals surface area contributed by atoms with Gasteiger partial charge in [-0.1, -0.05) is 12.1 Å². The Bertz CT molecular complexity index is 650. The Morgan fingerprint density at radius 3 is 2.08 bits per heavy atom. The van der Waals surface area contributed by atoms with Crippen LogP contribution in [-0.2, 0) is 0 Å². The van der Waals surface area contributed by atoms with Crippen LogP contribution >= 0.6 is 0 Å². The fourth-order valence-corrected chi connectivity index (χ4v) is 3.70. The first-order valence-electron chi connectivity index (χ1n) is 9.26. The van der Waals surface area contributed by atoms with E-state index in [9.17, 15) is 14.7 Å². The maximum atomic E-state index is 12.5. The standard InChI is InChI=1S/C19H25N3O3/c23-16-4-2-1-3-15(16)18(24)21-9-11-22(12-10-21)19(25)20-17(13-5-6-13)14-7-8-14/h1-4,13-14,17,23H,5-12H2,(H,20,25). The molecular weight excluding hydrogens is 318 g/mol. The largest absolute Gasteiger partial charge is 0.507 e. The van der Waals surface area contributed by atoms with Crippen LogP contribution in [0.3, 0.4) is 0 Å². The van der Waals surface area contributed by atoms with E-state index in [-0.39, 0.29) is 17.7 Å². The van der Waals surface area contributed by atoms with Crippen molar-refractivity contribution in [2.45, 2.75) is 31.7 Å². The Labute approximate surface area is 147 Å². The van der Waals surface area contributed by atoms with E-state index < -0.39 is 0 Å². The molecule has 1 aromatic carbocycles. The van der Waals surface area contributed by atoms with Crippen LogP contribution in [0.25, 0.3) is 0 Å². The summed E-state index contributed by atoms with van der Waals surface area (Å²) in [5, 5.41) is 13.1. The summed E-state index contributed by atoms with van der Waals surface area (Å²) in [4.78, 5) is 28.6. The SMILES string of the molecule is O=C(NC(C1CC1)C1CC1)N1CCN(C(=O)c2ccccc2O)CC1. The van der Waals surface area contributed by atoms with Crippen LogP contribution in [0.4, 0.5) is 4.79 Å². The molecule has 0 radical (unpaired) electrons. The molecule has 1 heterocycles. The van der Waals surface area contributed by atoms with Crippen LogP contribution < -0.4 is 5.32 Å². The van der Waals surface area contributed by atoms with E-state index >= 15 is 0 Å². The Balaban J connectivity index is 1.31. The highest BCUT2D eigenvalue weighted by atomic mass is 16.3. The highest BCUT2D eigenvalue weighted by molar-refractivity contribution is 5.97. The molecule has 1 aliphatic heterocycles. The molecule has 0 aromatic heterocycles. The lowest BCUT2D eigenvalue weighted by molar-refractivity contribution is 0.0659. The van der Waals surface area contributed by atoms with Gasteiger partial charge in [-0.3, -0.25) is 4.79 Å². The Morgan fingerprint density at radius 1 is 0.960 bits per heavy atom. The quantitative estimate of drug-likeness (QED) is 0.879. The zero-order chi connectivity index (χ0) is 17.4. The number of amides is 3. The number of para-hydroxylation sites is 1. The highest BCUT2D eigenvalue weighted by Gasteiger charge is 2.42. The summed E-state index contributed by atoms with van der Waals surface area (Å²) in [5.41, 5.74) is 0.322. The van der Waals surface area contributed by atoms with Crippen molar-refractivity contribution in [1.82, 2.24) is 15.1 Å². The number of benzene rings is 1. The van der Waals surface area contributed by atoms with Gasteiger partial charge in [0.15, 0.2) is 0 Å². The summed E-state index contributed by atoms with van der Waals surface area (Å²) in [6, 6.07) is 6.96. The van der Waals surface area contributed by atoms with Crippen molar-refractivity contribution in [1.29, 1.82) is 0 Å². The minimum Gasteiger partial charge on any atom is -0.507 e. The zero-order valence-corrected chi connectivity index (χ0v) is 14.4. The fraction of sp³-hybridized carbons (Fsp3) is 0.579. The number of hydrogen-bond acceptors (Lipinski definition) is 3. The van der Waals surface area contributed by atoms with Crippen LogP contribution in [-0.4, -0.2) is 59.1 Å². The van der Waals surface area contributed by atoms with E-state index in [0.717, 1.165) is 0 Å². The third-order valence-electron chi connectivity index (χ3n) is 5.54. The molecule has 4 rings (SSSR count). The van der Waals surface area contributed by atoms with Crippen molar-refractivity contribution >= 4 is 11.9 Å². The monoisotopic (exact) mass is 343 g/mol. The first-order chi connectivity index (χ1) is 12.1. The molecule has 2 N–H and O–H groups in total. The fourth-order valence-electron chi connectivity index (χ4n) is 3.70. The molecule has 3 fully saturated rings. The van der Waals surface area contributed by atoms with Gasteiger partial charge in [0, 0.05) is 32.2 Å². The number of nitrogens with zero attached hydrogens (tertiary/aromatic N) is 2. The summed E-state index contributed by atoms with van der Waals surface area (Å²) in [6.45, 7) is 2.07. The average molecular weight is 343 g/mol. The summed E-state index contributed by atoms with van der Waals surface area (Å²) in [5.74, 6) is 1.19. The molecule has 1 aromatic rings. The third kappa shape index (κ3) is 3.57. The molecular formula is C19H25N3O3. The minimum absolute atomic E-state index is 0.00406. The van der Waals surface area contributed by atoms with E-state index in [4.69, 9.17) is 0 Å². The summed E-state index contributed by atoms with van der Waals surface area (Å²) in [6.07, 6.45) is 4.96. The number of phenolic OH excluding ortho intramolecular Hbond substituents is 1. The topological polar surface area (TPSA) is 72.9 Å². The van der Waals surface area contributed by atoms with Gasteiger partial charge in [0.1, 0.15) is 5.75 Å². The van der Waals surface area contributed by atoms with Gasteiger partial charge >= 0.3 is 6.03 Å². The minimum atomic E-state index is -0.174. The molecule has 0 atom stereocenters. The van der Waals surface area contributed by atoms with Crippen molar-refractivity contribution < 1.29 is 14.7 Å². The number of urea groups is 1. The molecule has 6 heteroatoms. The van der Waals surface area contributed by atoms with Crippen LogP contribution in [0.2, 0.25) is 0 Å². The van der Waals surface area contributed by atoms with E-state index in [1.165, 1.54) is 31.7 Å². The maximum absolute atomic E-state index is 12.5. The maximum Gasteiger partial charge on any atom is 0.317 e. The lowest BCUT2D eigenvalue weighted by Gasteiger charge is -2.35. The molecule has 134 valence electrons. The zero-order valence-electron chi connectivity index (χ0n) is 14.4. The van der Waals surface area contributed by atoms with E-state index in [1.54, 1.807) is 23.1 Å². The van der Waals surface area contributed by atoms with Gasteiger partial charge in [-0.15, -0.1) is 0 Å². The molecule has 0 unspecified atom stereocenters. The van der Waals surface area contributed by atoms with Crippen molar-refractivity contribution in [3.63, 3.8) is 0 Å². The molecule has 6 nitrogen and oxygen atoms in total. The lowest BCUT2D eigenvalue weighted by atomic mass is 10.1. The molecule has 25 heavy (non-hydrogen) atoms. The number of piperazine rings is 1. The van der Waals surface area contributed by atoms with Gasteiger partial charge in [-0.2, -0.15) is 0 Å². The summed E-state index contributed by atoms with van der Waals surface area (Å²) < 4.78 is 0. The van der Waals surface area contributed by atoms with Crippen molar-refractivity contribution in [3.05, 3.63) is 29.8 Å². The van der Waals surface area contributed by atoms with E-state index in [1.807, 2.05) is 4.90 Å². The number of aromatic hydroxyl groups is 1. The third-order valence-corrected chi connectivity index (χ3v) is 5.54. The van der Waals surface area contributed by atoms with Crippen molar-refractivity contribution in [3.8, 4) is 5.75 Å². The Hall–Kier alpha value is -2.24. The van der Waals surface area contributed by atoms with Crippen LogP contribution in [0.1, 0.15) is 36.0 Å². The highest BCUT2D eigenvalue weighted by Crippen LogP contribution is 2.44.